The molecule has 5 heteroatoms. The van der Waals surface area contributed by atoms with Crippen LogP contribution >= 0.6 is 0 Å². The van der Waals surface area contributed by atoms with E-state index in [1.165, 1.54) is 6.42 Å². The van der Waals surface area contributed by atoms with Crippen LogP contribution in [0.25, 0.3) is 11.0 Å². The number of nitrogens with one attached hydrogen (secondary N) is 1. The van der Waals surface area contributed by atoms with E-state index < -0.39 is 5.54 Å². The zero-order valence-corrected chi connectivity index (χ0v) is 14.3. The topological polar surface area (TPSA) is 58.4 Å². The number of para-hydroxylation sites is 1. The first kappa shape index (κ1) is 16.0. The lowest BCUT2D eigenvalue weighted by Gasteiger charge is -2.26. The van der Waals surface area contributed by atoms with Crippen LogP contribution in [0.15, 0.2) is 22.7 Å². The second kappa shape index (κ2) is 5.96. The van der Waals surface area contributed by atoms with Crippen LogP contribution in [0.2, 0.25) is 0 Å². The predicted molar refractivity (Wildman–Crippen MR) is 90.2 cm³/mol. The molecule has 1 aromatic heterocycles. The van der Waals surface area contributed by atoms with Gasteiger partial charge in [-0.1, -0.05) is 17.3 Å². The molecule has 3 rings (SSSR count). The van der Waals surface area contributed by atoms with Crippen LogP contribution in [0.4, 0.5) is 0 Å². The molecule has 0 radical (unpaired) electrons. The minimum atomic E-state index is -0.562. The Balaban J connectivity index is 1.77. The van der Waals surface area contributed by atoms with Gasteiger partial charge < -0.3 is 14.7 Å². The number of benzene rings is 1. The molecule has 1 aliphatic rings. The molecule has 23 heavy (non-hydrogen) atoms. The highest BCUT2D eigenvalue weighted by atomic mass is 16.5. The molecule has 1 saturated heterocycles. The molecular formula is C18H25N3O2. The van der Waals surface area contributed by atoms with Gasteiger partial charge in [0.2, 0.25) is 5.91 Å². The third-order valence-corrected chi connectivity index (χ3v) is 4.83. The van der Waals surface area contributed by atoms with E-state index in [9.17, 15) is 4.79 Å². The number of nitrogens with zero attached hydrogens (tertiary/aromatic N) is 2. The number of amides is 1. The van der Waals surface area contributed by atoms with Gasteiger partial charge in [0.25, 0.3) is 0 Å². The van der Waals surface area contributed by atoms with Gasteiger partial charge in [0.1, 0.15) is 5.69 Å². The van der Waals surface area contributed by atoms with Crippen molar-refractivity contribution in [3.05, 3.63) is 29.5 Å². The molecule has 5 nitrogen and oxygen atoms in total. The minimum Gasteiger partial charge on any atom is -0.356 e. The summed E-state index contributed by atoms with van der Waals surface area (Å²) in [4.78, 5) is 14.7. The molecule has 0 saturated carbocycles. The van der Waals surface area contributed by atoms with E-state index in [1.807, 2.05) is 39.0 Å². The van der Waals surface area contributed by atoms with Gasteiger partial charge >= 0.3 is 0 Å². The average molecular weight is 315 g/mol. The number of rotatable bonds is 4. The fourth-order valence-electron chi connectivity index (χ4n) is 3.46. The Labute approximate surface area is 137 Å². The van der Waals surface area contributed by atoms with Crippen molar-refractivity contribution in [1.29, 1.82) is 0 Å². The van der Waals surface area contributed by atoms with Crippen molar-refractivity contribution in [2.45, 2.75) is 51.6 Å². The highest BCUT2D eigenvalue weighted by Crippen LogP contribution is 2.29. The Bertz CT molecular complexity index is 720. The molecule has 1 aromatic carbocycles. The van der Waals surface area contributed by atoms with E-state index in [4.69, 9.17) is 4.52 Å². The number of aryl methyl sites for hydroxylation is 1. The lowest BCUT2D eigenvalue weighted by atomic mass is 9.96. The van der Waals surface area contributed by atoms with Crippen LogP contribution in [0.1, 0.15) is 44.4 Å². The number of hydrogen-bond acceptors (Lipinski definition) is 4. The highest BCUT2D eigenvalue weighted by molar-refractivity contribution is 5.84. The van der Waals surface area contributed by atoms with E-state index in [1.54, 1.807) is 0 Å². The van der Waals surface area contributed by atoms with Crippen LogP contribution in [0.5, 0.6) is 0 Å². The first-order chi connectivity index (χ1) is 10.9. The molecule has 1 aliphatic heterocycles. The maximum absolute atomic E-state index is 12.5. The smallest absolute Gasteiger partial charge is 0.222 e. The van der Waals surface area contributed by atoms with Gasteiger partial charge in [-0.25, -0.2) is 0 Å². The Hall–Kier alpha value is -1.88. The number of carbonyl (C=O) groups is 1. The summed E-state index contributed by atoms with van der Waals surface area (Å²) in [6, 6.07) is 6.33. The first-order valence-electron chi connectivity index (χ1n) is 8.25. The van der Waals surface area contributed by atoms with Crippen molar-refractivity contribution >= 4 is 16.9 Å². The summed E-state index contributed by atoms with van der Waals surface area (Å²) in [6.45, 7) is 7.03. The van der Waals surface area contributed by atoms with Crippen LogP contribution in [0.3, 0.4) is 0 Å². The molecule has 1 N–H and O–H groups in total. The van der Waals surface area contributed by atoms with Gasteiger partial charge in [0.15, 0.2) is 5.58 Å². The largest absolute Gasteiger partial charge is 0.356 e. The van der Waals surface area contributed by atoms with Crippen LogP contribution < -0.4 is 5.32 Å². The number of hydrogen-bond donors (Lipinski definition) is 1. The maximum Gasteiger partial charge on any atom is 0.222 e. The quantitative estimate of drug-likeness (QED) is 0.942. The molecule has 0 aliphatic carbocycles. The second-order valence-corrected chi connectivity index (χ2v) is 7.14. The normalized spacial score (nSPS) is 19.4. The van der Waals surface area contributed by atoms with E-state index in [0.29, 0.717) is 12.5 Å². The van der Waals surface area contributed by atoms with Crippen molar-refractivity contribution in [3.8, 4) is 0 Å². The predicted octanol–water partition coefficient (Wildman–Crippen LogP) is 2.97. The molecule has 1 atom stereocenters. The monoisotopic (exact) mass is 315 g/mol. The molecule has 0 spiro atoms. The summed E-state index contributed by atoms with van der Waals surface area (Å²) in [5, 5.41) is 8.32. The number of likely N-dealkylation sites (tertiary alicyclic amines) is 1. The van der Waals surface area contributed by atoms with Crippen LogP contribution in [0, 0.1) is 6.92 Å². The summed E-state index contributed by atoms with van der Waals surface area (Å²) < 4.78 is 5.49. The standard InChI is InChI=1S/C18H25N3O2/c1-12-7-5-9-14-16(12)23-20-17(14)18(2,3)19-15(22)11-13-8-6-10-21(13)4/h5,7,9,13H,6,8,10-11H2,1-4H3,(H,19,22). The van der Waals surface area contributed by atoms with Gasteiger partial charge in [-0.15, -0.1) is 0 Å². The Morgan fingerprint density at radius 2 is 2.26 bits per heavy atom. The fraction of sp³-hybridized carbons (Fsp3) is 0.556. The maximum atomic E-state index is 12.5. The van der Waals surface area contributed by atoms with Crippen molar-refractivity contribution < 1.29 is 9.32 Å². The molecular weight excluding hydrogens is 290 g/mol. The van der Waals surface area contributed by atoms with Crippen molar-refractivity contribution in [2.24, 2.45) is 0 Å². The summed E-state index contributed by atoms with van der Waals surface area (Å²) in [5.41, 5.74) is 2.06. The Morgan fingerprint density at radius 3 is 2.96 bits per heavy atom. The van der Waals surface area contributed by atoms with Gasteiger partial charge in [0.05, 0.1) is 5.54 Å². The van der Waals surface area contributed by atoms with Crippen molar-refractivity contribution in [1.82, 2.24) is 15.4 Å². The van der Waals surface area contributed by atoms with Crippen LogP contribution in [-0.4, -0.2) is 35.6 Å². The summed E-state index contributed by atoms with van der Waals surface area (Å²) >= 11 is 0. The third kappa shape index (κ3) is 3.11. The Morgan fingerprint density at radius 1 is 1.48 bits per heavy atom. The molecule has 1 fully saturated rings. The number of aromatic nitrogens is 1. The zero-order chi connectivity index (χ0) is 16.6. The van der Waals surface area contributed by atoms with Gasteiger partial charge in [0, 0.05) is 17.8 Å². The molecule has 1 amide bonds. The van der Waals surface area contributed by atoms with Crippen molar-refractivity contribution in [2.75, 3.05) is 13.6 Å². The van der Waals surface area contributed by atoms with E-state index in [-0.39, 0.29) is 5.91 Å². The van der Waals surface area contributed by atoms with Gasteiger partial charge in [-0.3, -0.25) is 4.79 Å². The summed E-state index contributed by atoms with van der Waals surface area (Å²) in [6.07, 6.45) is 2.80. The fourth-order valence-corrected chi connectivity index (χ4v) is 3.46. The van der Waals surface area contributed by atoms with Gasteiger partial charge in [-0.05, 0) is 58.8 Å². The van der Waals surface area contributed by atoms with Gasteiger partial charge in [-0.2, -0.15) is 0 Å². The average Bonchev–Trinajstić information content (AvgIpc) is 3.06. The first-order valence-corrected chi connectivity index (χ1v) is 8.25. The lowest BCUT2D eigenvalue weighted by molar-refractivity contribution is -0.123. The summed E-state index contributed by atoms with van der Waals surface area (Å²) in [5.74, 6) is 0.0672. The SMILES string of the molecule is Cc1cccc2c(C(C)(C)NC(=O)CC3CCCN3C)noc12. The summed E-state index contributed by atoms with van der Waals surface area (Å²) in [7, 11) is 2.09. The third-order valence-electron chi connectivity index (χ3n) is 4.83. The molecule has 2 aromatic rings. The zero-order valence-electron chi connectivity index (χ0n) is 14.3. The van der Waals surface area contributed by atoms with E-state index in [0.717, 1.165) is 35.2 Å². The lowest BCUT2D eigenvalue weighted by Crippen LogP contribution is -2.43. The second-order valence-electron chi connectivity index (χ2n) is 7.14. The highest BCUT2D eigenvalue weighted by Gasteiger charge is 2.31. The number of carbonyl (C=O) groups excluding carboxylic acids is 1. The van der Waals surface area contributed by atoms with E-state index >= 15 is 0 Å². The molecule has 2 heterocycles. The number of fused-ring (bicyclic) bond motifs is 1. The molecule has 0 bridgehead atoms. The van der Waals surface area contributed by atoms with E-state index in [2.05, 4.69) is 22.4 Å². The minimum absolute atomic E-state index is 0.0672. The molecule has 1 unspecified atom stereocenters. The van der Waals surface area contributed by atoms with Crippen LogP contribution in [-0.2, 0) is 10.3 Å². The van der Waals surface area contributed by atoms with Crippen molar-refractivity contribution in [3.63, 3.8) is 0 Å². The Kier molecular flexibility index (Phi) is 4.15. The molecule has 124 valence electrons.